The summed E-state index contributed by atoms with van der Waals surface area (Å²) >= 11 is 0. The van der Waals surface area contributed by atoms with Gasteiger partial charge in [-0.2, -0.15) is 0 Å². The largest absolute Gasteiger partial charge is 0.354 e. The minimum Gasteiger partial charge on any atom is -0.354 e. The molecule has 3 rings (SSSR count). The van der Waals surface area contributed by atoms with Gasteiger partial charge in [-0.1, -0.05) is 12.8 Å². The van der Waals surface area contributed by atoms with Gasteiger partial charge in [0.1, 0.15) is 0 Å². The normalized spacial score (nSPS) is 22.7. The summed E-state index contributed by atoms with van der Waals surface area (Å²) in [5.74, 6) is 0.0311. The molecule has 1 saturated carbocycles. The monoisotopic (exact) mass is 315 g/mol. The first kappa shape index (κ1) is 16.0. The predicted molar refractivity (Wildman–Crippen MR) is 87.8 cm³/mol. The lowest BCUT2D eigenvalue weighted by molar-refractivity contribution is -0.128. The van der Waals surface area contributed by atoms with E-state index >= 15 is 0 Å². The van der Waals surface area contributed by atoms with Crippen molar-refractivity contribution < 1.29 is 9.59 Å². The molecule has 2 fully saturated rings. The molecule has 0 radical (unpaired) electrons. The standard InChI is InChI=1S/C18H25N3O2/c1-13(2)20-16(22)15-11-21(12-18(15)7-3-4-8-18)17(23)14-5-9-19-10-6-14/h5-6,9-10,13,15H,3-4,7-8,11-12H2,1-2H3,(H,20,22). The Kier molecular flexibility index (Phi) is 4.37. The van der Waals surface area contributed by atoms with Crippen LogP contribution in [0.15, 0.2) is 24.5 Å². The Bertz CT molecular complexity index is 579. The van der Waals surface area contributed by atoms with Crippen LogP contribution in [0.25, 0.3) is 0 Å². The Morgan fingerprint density at radius 2 is 1.91 bits per heavy atom. The molecule has 2 amide bonds. The van der Waals surface area contributed by atoms with Crippen LogP contribution in [0.5, 0.6) is 0 Å². The fourth-order valence-electron chi connectivity index (χ4n) is 4.13. The number of likely N-dealkylation sites (tertiary alicyclic amines) is 1. The van der Waals surface area contributed by atoms with Crippen LogP contribution in [0.4, 0.5) is 0 Å². The van der Waals surface area contributed by atoms with E-state index in [-0.39, 0.29) is 29.2 Å². The Hall–Kier alpha value is -1.91. The molecule has 1 aliphatic heterocycles. The highest BCUT2D eigenvalue weighted by Gasteiger charge is 2.52. The van der Waals surface area contributed by atoms with E-state index in [4.69, 9.17) is 0 Å². The van der Waals surface area contributed by atoms with Crippen molar-refractivity contribution in [3.05, 3.63) is 30.1 Å². The van der Waals surface area contributed by atoms with Gasteiger partial charge in [0.05, 0.1) is 5.92 Å². The molecule has 5 nitrogen and oxygen atoms in total. The van der Waals surface area contributed by atoms with Gasteiger partial charge in [-0.15, -0.1) is 0 Å². The van der Waals surface area contributed by atoms with Crippen LogP contribution in [0.3, 0.4) is 0 Å². The highest BCUT2D eigenvalue weighted by molar-refractivity contribution is 5.95. The molecular weight excluding hydrogens is 290 g/mol. The molecule has 1 aromatic heterocycles. The highest BCUT2D eigenvalue weighted by Crippen LogP contribution is 2.49. The third-order valence-corrected chi connectivity index (χ3v) is 5.21. The van der Waals surface area contributed by atoms with Crippen LogP contribution in [0, 0.1) is 11.3 Å². The SMILES string of the molecule is CC(C)NC(=O)C1CN(C(=O)c2ccncc2)CC12CCCC2. The summed E-state index contributed by atoms with van der Waals surface area (Å²) in [4.78, 5) is 31.2. The van der Waals surface area contributed by atoms with Crippen molar-refractivity contribution in [2.24, 2.45) is 11.3 Å². The molecule has 1 saturated heterocycles. The first-order valence-electron chi connectivity index (χ1n) is 8.51. The summed E-state index contributed by atoms with van der Waals surface area (Å²) in [6.07, 6.45) is 7.67. The topological polar surface area (TPSA) is 62.3 Å². The van der Waals surface area contributed by atoms with Crippen LogP contribution in [-0.4, -0.2) is 40.8 Å². The maximum atomic E-state index is 12.7. The zero-order valence-corrected chi connectivity index (χ0v) is 13.9. The maximum Gasteiger partial charge on any atom is 0.254 e. The maximum absolute atomic E-state index is 12.7. The molecule has 1 N–H and O–H groups in total. The van der Waals surface area contributed by atoms with E-state index in [0.717, 1.165) is 25.7 Å². The lowest BCUT2D eigenvalue weighted by Gasteiger charge is -2.29. The second kappa shape index (κ2) is 6.30. The van der Waals surface area contributed by atoms with Gasteiger partial charge in [-0.25, -0.2) is 0 Å². The summed E-state index contributed by atoms with van der Waals surface area (Å²) < 4.78 is 0. The lowest BCUT2D eigenvalue weighted by Crippen LogP contribution is -2.42. The van der Waals surface area contributed by atoms with Crippen LogP contribution in [-0.2, 0) is 4.79 Å². The molecule has 1 aromatic rings. The van der Waals surface area contributed by atoms with Gasteiger partial charge in [-0.3, -0.25) is 14.6 Å². The average molecular weight is 315 g/mol. The molecule has 1 unspecified atom stereocenters. The number of rotatable bonds is 3. The predicted octanol–water partition coefficient (Wildman–Crippen LogP) is 2.24. The van der Waals surface area contributed by atoms with Gasteiger partial charge in [0.2, 0.25) is 5.91 Å². The molecule has 124 valence electrons. The van der Waals surface area contributed by atoms with E-state index in [1.807, 2.05) is 18.7 Å². The second-order valence-electron chi connectivity index (χ2n) is 7.21. The Morgan fingerprint density at radius 1 is 1.26 bits per heavy atom. The third-order valence-electron chi connectivity index (χ3n) is 5.21. The van der Waals surface area contributed by atoms with Crippen molar-refractivity contribution in [1.29, 1.82) is 0 Å². The first-order valence-corrected chi connectivity index (χ1v) is 8.51. The van der Waals surface area contributed by atoms with Crippen molar-refractivity contribution in [3.8, 4) is 0 Å². The molecule has 1 atom stereocenters. The minimum absolute atomic E-state index is 0.0125. The van der Waals surface area contributed by atoms with Crippen molar-refractivity contribution >= 4 is 11.8 Å². The van der Waals surface area contributed by atoms with Crippen molar-refractivity contribution in [2.45, 2.75) is 45.6 Å². The molecule has 5 heteroatoms. The number of carbonyl (C=O) groups excluding carboxylic acids is 2. The number of hydrogen-bond donors (Lipinski definition) is 1. The quantitative estimate of drug-likeness (QED) is 0.930. The number of nitrogens with zero attached hydrogens (tertiary/aromatic N) is 2. The van der Waals surface area contributed by atoms with Crippen molar-refractivity contribution in [3.63, 3.8) is 0 Å². The fourth-order valence-corrected chi connectivity index (χ4v) is 4.13. The highest BCUT2D eigenvalue weighted by atomic mass is 16.2. The van der Waals surface area contributed by atoms with Gasteiger partial charge in [0.15, 0.2) is 0 Å². The number of carbonyl (C=O) groups is 2. The van der Waals surface area contributed by atoms with Gasteiger partial charge in [-0.05, 0) is 38.8 Å². The zero-order valence-electron chi connectivity index (χ0n) is 13.9. The van der Waals surface area contributed by atoms with Crippen LogP contribution < -0.4 is 5.32 Å². The number of aromatic nitrogens is 1. The first-order chi connectivity index (χ1) is 11.0. The molecular formula is C18H25N3O2. The molecule has 2 aliphatic rings. The van der Waals surface area contributed by atoms with E-state index in [1.54, 1.807) is 24.5 Å². The number of nitrogens with one attached hydrogen (secondary N) is 1. The van der Waals surface area contributed by atoms with Gasteiger partial charge in [0, 0.05) is 42.5 Å². The number of pyridine rings is 1. The second-order valence-corrected chi connectivity index (χ2v) is 7.21. The summed E-state index contributed by atoms with van der Waals surface area (Å²) in [5.41, 5.74) is 0.625. The van der Waals surface area contributed by atoms with Gasteiger partial charge < -0.3 is 10.2 Å². The average Bonchev–Trinajstić information content (AvgIpc) is 3.15. The summed E-state index contributed by atoms with van der Waals surface area (Å²) in [6.45, 7) is 5.19. The molecule has 0 aromatic carbocycles. The zero-order chi connectivity index (χ0) is 16.4. The number of amides is 2. The third kappa shape index (κ3) is 3.09. The van der Waals surface area contributed by atoms with E-state index in [9.17, 15) is 9.59 Å². The molecule has 1 spiro atoms. The smallest absolute Gasteiger partial charge is 0.254 e. The molecule has 1 aliphatic carbocycles. The van der Waals surface area contributed by atoms with Crippen LogP contribution in [0.2, 0.25) is 0 Å². The minimum atomic E-state index is -0.0850. The van der Waals surface area contributed by atoms with Crippen molar-refractivity contribution in [1.82, 2.24) is 15.2 Å². The summed E-state index contributed by atoms with van der Waals surface area (Å²) in [6, 6.07) is 3.61. The molecule has 0 bridgehead atoms. The van der Waals surface area contributed by atoms with E-state index in [0.29, 0.717) is 18.7 Å². The fraction of sp³-hybridized carbons (Fsp3) is 0.611. The van der Waals surface area contributed by atoms with Crippen LogP contribution in [0.1, 0.15) is 49.9 Å². The van der Waals surface area contributed by atoms with E-state index in [2.05, 4.69) is 10.3 Å². The van der Waals surface area contributed by atoms with Gasteiger partial charge in [0.25, 0.3) is 5.91 Å². The van der Waals surface area contributed by atoms with Crippen molar-refractivity contribution in [2.75, 3.05) is 13.1 Å². The summed E-state index contributed by atoms with van der Waals surface area (Å²) in [7, 11) is 0. The van der Waals surface area contributed by atoms with E-state index < -0.39 is 0 Å². The molecule has 2 heterocycles. The van der Waals surface area contributed by atoms with Crippen LogP contribution >= 0.6 is 0 Å². The Balaban J connectivity index is 1.80. The summed E-state index contributed by atoms with van der Waals surface area (Å²) in [5, 5.41) is 3.05. The van der Waals surface area contributed by atoms with E-state index in [1.165, 1.54) is 0 Å². The molecule has 23 heavy (non-hydrogen) atoms. The number of hydrogen-bond acceptors (Lipinski definition) is 3. The Labute approximate surface area is 137 Å². The lowest BCUT2D eigenvalue weighted by atomic mass is 9.76. The Morgan fingerprint density at radius 3 is 2.52 bits per heavy atom. The van der Waals surface area contributed by atoms with Gasteiger partial charge >= 0.3 is 0 Å².